The normalized spacial score (nSPS) is 23.4. The maximum atomic E-state index is 11.6. The quantitative estimate of drug-likeness (QED) is 0.808. The molecule has 2 aliphatic heterocycles. The largest absolute Gasteiger partial charge is 0.399 e. The van der Waals surface area contributed by atoms with E-state index in [1.54, 1.807) is 12.1 Å². The van der Waals surface area contributed by atoms with Gasteiger partial charge in [-0.2, -0.15) is 0 Å². The number of anilines is 2. The van der Waals surface area contributed by atoms with Crippen molar-refractivity contribution in [2.75, 3.05) is 36.8 Å². The Bertz CT molecular complexity index is 511. The van der Waals surface area contributed by atoms with Gasteiger partial charge in [-0.25, -0.2) is 0 Å². The summed E-state index contributed by atoms with van der Waals surface area (Å²) in [5.41, 5.74) is 13.5. The predicted octanol–water partition coefficient (Wildman–Crippen LogP) is 1.04. The third-order valence-electron chi connectivity index (χ3n) is 4.45. The summed E-state index contributed by atoms with van der Waals surface area (Å²) >= 11 is 0. The van der Waals surface area contributed by atoms with Crippen molar-refractivity contribution in [1.29, 1.82) is 0 Å². The Morgan fingerprint density at radius 2 is 1.95 bits per heavy atom. The molecule has 4 N–H and O–H groups in total. The Morgan fingerprint density at radius 1 is 1.20 bits per heavy atom. The molecule has 20 heavy (non-hydrogen) atoms. The molecule has 1 atom stereocenters. The molecule has 2 heterocycles. The molecular formula is C15H22N4O. The molecule has 5 heteroatoms. The van der Waals surface area contributed by atoms with Crippen molar-refractivity contribution < 1.29 is 4.79 Å². The second-order valence-electron chi connectivity index (χ2n) is 5.77. The third kappa shape index (κ3) is 2.45. The number of likely N-dealkylation sites (tertiary alicyclic amines) is 1. The van der Waals surface area contributed by atoms with Crippen LogP contribution in [0.2, 0.25) is 0 Å². The summed E-state index contributed by atoms with van der Waals surface area (Å²) in [5, 5.41) is 0. The van der Waals surface area contributed by atoms with Gasteiger partial charge < -0.3 is 16.4 Å². The standard InChI is InChI=1S/C15H22N4O/c16-11-3-4-13(15(17)20)14(9-11)19-8-5-12(10-19)18-6-1-2-7-18/h3-4,9,12H,1-2,5-8,10,16H2,(H2,17,20). The number of carbonyl (C=O) groups excluding carboxylic acids is 1. The van der Waals surface area contributed by atoms with Crippen molar-refractivity contribution in [2.24, 2.45) is 5.73 Å². The summed E-state index contributed by atoms with van der Waals surface area (Å²) in [4.78, 5) is 16.4. The zero-order chi connectivity index (χ0) is 14.1. The van der Waals surface area contributed by atoms with E-state index in [1.165, 1.54) is 25.9 Å². The van der Waals surface area contributed by atoms with Crippen LogP contribution >= 0.6 is 0 Å². The number of hydrogen-bond acceptors (Lipinski definition) is 4. The molecule has 0 aliphatic carbocycles. The number of nitrogen functional groups attached to an aromatic ring is 1. The molecule has 108 valence electrons. The fourth-order valence-electron chi connectivity index (χ4n) is 3.38. The number of primary amides is 1. The average Bonchev–Trinajstić information content (AvgIpc) is 3.09. The van der Waals surface area contributed by atoms with Gasteiger partial charge in [-0.3, -0.25) is 9.69 Å². The molecule has 2 aliphatic rings. The highest BCUT2D eigenvalue weighted by atomic mass is 16.1. The van der Waals surface area contributed by atoms with Gasteiger partial charge in [-0.05, 0) is 50.6 Å². The monoisotopic (exact) mass is 274 g/mol. The molecule has 5 nitrogen and oxygen atoms in total. The van der Waals surface area contributed by atoms with Crippen LogP contribution in [0, 0.1) is 0 Å². The molecule has 2 fully saturated rings. The van der Waals surface area contributed by atoms with Gasteiger partial charge in [0.2, 0.25) is 0 Å². The maximum absolute atomic E-state index is 11.6. The van der Waals surface area contributed by atoms with Gasteiger partial charge in [0.1, 0.15) is 0 Å². The minimum absolute atomic E-state index is 0.385. The van der Waals surface area contributed by atoms with Crippen LogP contribution < -0.4 is 16.4 Å². The lowest BCUT2D eigenvalue weighted by Crippen LogP contribution is -2.35. The molecule has 0 bridgehead atoms. The van der Waals surface area contributed by atoms with Crippen molar-refractivity contribution in [2.45, 2.75) is 25.3 Å². The van der Waals surface area contributed by atoms with Crippen molar-refractivity contribution in [3.63, 3.8) is 0 Å². The third-order valence-corrected chi connectivity index (χ3v) is 4.45. The first kappa shape index (κ1) is 13.2. The van der Waals surface area contributed by atoms with Gasteiger partial charge in [0, 0.05) is 24.8 Å². The molecule has 0 saturated carbocycles. The Balaban J connectivity index is 1.80. The number of nitrogens with two attached hydrogens (primary N) is 2. The van der Waals surface area contributed by atoms with Crippen LogP contribution in [0.1, 0.15) is 29.6 Å². The Hall–Kier alpha value is -1.75. The summed E-state index contributed by atoms with van der Waals surface area (Å²) in [6.07, 6.45) is 3.76. The zero-order valence-electron chi connectivity index (χ0n) is 11.7. The van der Waals surface area contributed by atoms with Gasteiger partial charge in [-0.1, -0.05) is 0 Å². The molecule has 1 aromatic carbocycles. The molecule has 3 rings (SSSR count). The fourth-order valence-corrected chi connectivity index (χ4v) is 3.38. The summed E-state index contributed by atoms with van der Waals surface area (Å²) in [7, 11) is 0. The molecule has 0 spiro atoms. The summed E-state index contributed by atoms with van der Waals surface area (Å²) < 4.78 is 0. The molecular weight excluding hydrogens is 252 g/mol. The number of amides is 1. The van der Waals surface area contributed by atoms with Gasteiger partial charge in [-0.15, -0.1) is 0 Å². The highest BCUT2D eigenvalue weighted by Gasteiger charge is 2.30. The Kier molecular flexibility index (Phi) is 3.53. The molecule has 1 unspecified atom stereocenters. The SMILES string of the molecule is NC(=O)c1ccc(N)cc1N1CCC(N2CCCC2)C1. The van der Waals surface area contributed by atoms with Gasteiger partial charge in [0.05, 0.1) is 11.3 Å². The van der Waals surface area contributed by atoms with Crippen molar-refractivity contribution in [3.8, 4) is 0 Å². The van der Waals surface area contributed by atoms with E-state index in [4.69, 9.17) is 11.5 Å². The first-order valence-electron chi connectivity index (χ1n) is 7.33. The van der Waals surface area contributed by atoms with E-state index in [9.17, 15) is 4.79 Å². The van der Waals surface area contributed by atoms with E-state index in [-0.39, 0.29) is 5.91 Å². The first-order valence-corrected chi connectivity index (χ1v) is 7.33. The van der Waals surface area contributed by atoms with Crippen LogP contribution in [-0.2, 0) is 0 Å². The van der Waals surface area contributed by atoms with Gasteiger partial charge >= 0.3 is 0 Å². The molecule has 2 saturated heterocycles. The van der Waals surface area contributed by atoms with E-state index >= 15 is 0 Å². The number of rotatable bonds is 3. The van der Waals surface area contributed by atoms with E-state index in [0.29, 0.717) is 17.3 Å². The minimum Gasteiger partial charge on any atom is -0.399 e. The maximum Gasteiger partial charge on any atom is 0.250 e. The summed E-state index contributed by atoms with van der Waals surface area (Å²) in [5.74, 6) is -0.385. The minimum atomic E-state index is -0.385. The predicted molar refractivity (Wildman–Crippen MR) is 80.8 cm³/mol. The second kappa shape index (κ2) is 5.32. The highest BCUT2D eigenvalue weighted by Crippen LogP contribution is 2.29. The van der Waals surface area contributed by atoms with Crippen LogP contribution in [-0.4, -0.2) is 43.0 Å². The van der Waals surface area contributed by atoms with Crippen LogP contribution in [0.3, 0.4) is 0 Å². The zero-order valence-corrected chi connectivity index (χ0v) is 11.7. The number of hydrogen-bond donors (Lipinski definition) is 2. The Morgan fingerprint density at radius 3 is 2.65 bits per heavy atom. The number of carbonyl (C=O) groups is 1. The Labute approximate surface area is 119 Å². The van der Waals surface area contributed by atoms with Crippen LogP contribution in [0.25, 0.3) is 0 Å². The molecule has 1 amide bonds. The van der Waals surface area contributed by atoms with Crippen molar-refractivity contribution >= 4 is 17.3 Å². The molecule has 0 aromatic heterocycles. The smallest absolute Gasteiger partial charge is 0.250 e. The molecule has 1 aromatic rings. The lowest BCUT2D eigenvalue weighted by Gasteiger charge is -2.25. The summed E-state index contributed by atoms with van der Waals surface area (Å²) in [6, 6.07) is 5.93. The van der Waals surface area contributed by atoms with E-state index in [0.717, 1.165) is 25.2 Å². The number of benzene rings is 1. The summed E-state index contributed by atoms with van der Waals surface area (Å²) in [6.45, 7) is 4.34. The second-order valence-corrected chi connectivity index (χ2v) is 5.77. The van der Waals surface area contributed by atoms with E-state index in [2.05, 4.69) is 9.80 Å². The van der Waals surface area contributed by atoms with E-state index in [1.807, 2.05) is 6.07 Å². The lowest BCUT2D eigenvalue weighted by atomic mass is 10.1. The fraction of sp³-hybridized carbons (Fsp3) is 0.533. The topological polar surface area (TPSA) is 75.6 Å². The number of nitrogens with zero attached hydrogens (tertiary/aromatic N) is 2. The van der Waals surface area contributed by atoms with E-state index < -0.39 is 0 Å². The van der Waals surface area contributed by atoms with Crippen LogP contribution in [0.15, 0.2) is 18.2 Å². The average molecular weight is 274 g/mol. The highest BCUT2D eigenvalue weighted by molar-refractivity contribution is 5.99. The van der Waals surface area contributed by atoms with Crippen LogP contribution in [0.5, 0.6) is 0 Å². The van der Waals surface area contributed by atoms with Crippen molar-refractivity contribution in [3.05, 3.63) is 23.8 Å². The molecule has 0 radical (unpaired) electrons. The van der Waals surface area contributed by atoms with Gasteiger partial charge in [0.25, 0.3) is 5.91 Å². The first-order chi connectivity index (χ1) is 9.65. The van der Waals surface area contributed by atoms with Gasteiger partial charge in [0.15, 0.2) is 0 Å². The van der Waals surface area contributed by atoms with Crippen molar-refractivity contribution in [1.82, 2.24) is 4.90 Å². The lowest BCUT2D eigenvalue weighted by molar-refractivity contribution is 0.100. The van der Waals surface area contributed by atoms with Crippen LogP contribution in [0.4, 0.5) is 11.4 Å².